The predicted molar refractivity (Wildman–Crippen MR) is 72.4 cm³/mol. The van der Waals surface area contributed by atoms with E-state index in [1.165, 1.54) is 12.1 Å². The highest BCUT2D eigenvalue weighted by molar-refractivity contribution is 5.20. The third-order valence-electron chi connectivity index (χ3n) is 3.99. The van der Waals surface area contributed by atoms with Crippen LogP contribution < -0.4 is 5.32 Å². The molecule has 0 radical (unpaired) electrons. The monoisotopic (exact) mass is 267 g/mol. The molecule has 1 aliphatic heterocycles. The molecule has 1 saturated heterocycles. The molecule has 3 nitrogen and oxygen atoms in total. The van der Waals surface area contributed by atoms with Gasteiger partial charge in [0.15, 0.2) is 0 Å². The second-order valence-corrected chi connectivity index (χ2v) is 5.26. The van der Waals surface area contributed by atoms with Gasteiger partial charge in [-0.25, -0.2) is 4.39 Å². The summed E-state index contributed by atoms with van der Waals surface area (Å²) < 4.78 is 18.3. The second-order valence-electron chi connectivity index (χ2n) is 5.26. The summed E-state index contributed by atoms with van der Waals surface area (Å²) in [5.74, 6) is -0.227. The molecule has 0 aromatic heterocycles. The van der Waals surface area contributed by atoms with E-state index in [0.717, 1.165) is 12.0 Å². The summed E-state index contributed by atoms with van der Waals surface area (Å²) in [4.78, 5) is 0. The van der Waals surface area contributed by atoms with Crippen molar-refractivity contribution in [1.29, 1.82) is 0 Å². The molecule has 3 atom stereocenters. The van der Waals surface area contributed by atoms with Gasteiger partial charge < -0.3 is 15.2 Å². The Labute approximate surface area is 113 Å². The first-order valence-electron chi connectivity index (χ1n) is 6.88. The van der Waals surface area contributed by atoms with Gasteiger partial charge in [-0.05, 0) is 31.0 Å². The molecule has 19 heavy (non-hydrogen) atoms. The van der Waals surface area contributed by atoms with Crippen LogP contribution in [0.3, 0.4) is 0 Å². The SMILES string of the molecule is CCC(NCC1(O)CCOC1C)c1ccc(F)cc1. The summed E-state index contributed by atoms with van der Waals surface area (Å²) in [5, 5.41) is 13.8. The summed E-state index contributed by atoms with van der Waals surface area (Å²) >= 11 is 0. The van der Waals surface area contributed by atoms with Gasteiger partial charge in [-0.15, -0.1) is 0 Å². The van der Waals surface area contributed by atoms with Crippen LogP contribution in [0.4, 0.5) is 4.39 Å². The lowest BCUT2D eigenvalue weighted by molar-refractivity contribution is -0.0277. The van der Waals surface area contributed by atoms with E-state index in [1.807, 2.05) is 6.92 Å². The van der Waals surface area contributed by atoms with Crippen LogP contribution >= 0.6 is 0 Å². The van der Waals surface area contributed by atoms with E-state index in [4.69, 9.17) is 4.74 Å². The molecule has 2 N–H and O–H groups in total. The van der Waals surface area contributed by atoms with Crippen molar-refractivity contribution in [3.8, 4) is 0 Å². The van der Waals surface area contributed by atoms with Crippen LogP contribution in [0.25, 0.3) is 0 Å². The molecular weight excluding hydrogens is 245 g/mol. The van der Waals surface area contributed by atoms with E-state index >= 15 is 0 Å². The van der Waals surface area contributed by atoms with Gasteiger partial charge in [0.2, 0.25) is 0 Å². The molecular formula is C15H22FNO2. The molecule has 106 valence electrons. The fourth-order valence-corrected chi connectivity index (χ4v) is 2.50. The first kappa shape index (κ1) is 14.4. The van der Waals surface area contributed by atoms with Crippen LogP contribution in [0.15, 0.2) is 24.3 Å². The van der Waals surface area contributed by atoms with Gasteiger partial charge in [-0.1, -0.05) is 19.1 Å². The number of rotatable bonds is 5. The minimum absolute atomic E-state index is 0.123. The zero-order chi connectivity index (χ0) is 13.9. The lowest BCUT2D eigenvalue weighted by Crippen LogP contribution is -2.46. The Bertz CT molecular complexity index is 409. The van der Waals surface area contributed by atoms with Gasteiger partial charge in [0.25, 0.3) is 0 Å². The highest BCUT2D eigenvalue weighted by atomic mass is 19.1. The van der Waals surface area contributed by atoms with Crippen LogP contribution in [-0.4, -0.2) is 30.0 Å². The van der Waals surface area contributed by atoms with Crippen molar-refractivity contribution >= 4 is 0 Å². The lowest BCUT2D eigenvalue weighted by atomic mass is 9.95. The maximum Gasteiger partial charge on any atom is 0.123 e. The zero-order valence-corrected chi connectivity index (χ0v) is 11.5. The summed E-state index contributed by atoms with van der Waals surface area (Å²) in [5.41, 5.74) is 0.243. The second kappa shape index (κ2) is 5.99. The predicted octanol–water partition coefficient (Wildman–Crippen LogP) is 2.41. The van der Waals surface area contributed by atoms with Crippen LogP contribution in [0.1, 0.15) is 38.3 Å². The van der Waals surface area contributed by atoms with Crippen molar-refractivity contribution < 1.29 is 14.2 Å². The van der Waals surface area contributed by atoms with Gasteiger partial charge in [0.05, 0.1) is 6.10 Å². The van der Waals surface area contributed by atoms with Crippen LogP contribution in [-0.2, 0) is 4.74 Å². The summed E-state index contributed by atoms with van der Waals surface area (Å²) in [6.45, 7) is 5.06. The molecule has 3 unspecified atom stereocenters. The first-order chi connectivity index (χ1) is 9.05. The largest absolute Gasteiger partial charge is 0.386 e. The fourth-order valence-electron chi connectivity index (χ4n) is 2.50. The van der Waals surface area contributed by atoms with Gasteiger partial charge in [-0.2, -0.15) is 0 Å². The average molecular weight is 267 g/mol. The number of aliphatic hydroxyl groups is 1. The molecule has 2 rings (SSSR count). The van der Waals surface area contributed by atoms with E-state index in [-0.39, 0.29) is 18.0 Å². The van der Waals surface area contributed by atoms with E-state index in [9.17, 15) is 9.50 Å². The van der Waals surface area contributed by atoms with E-state index in [1.54, 1.807) is 12.1 Å². The van der Waals surface area contributed by atoms with E-state index in [2.05, 4.69) is 12.2 Å². The Morgan fingerprint density at radius 2 is 2.16 bits per heavy atom. The van der Waals surface area contributed by atoms with Crippen molar-refractivity contribution in [1.82, 2.24) is 5.32 Å². The van der Waals surface area contributed by atoms with Crippen molar-refractivity contribution in [2.75, 3.05) is 13.2 Å². The maximum atomic E-state index is 12.9. The molecule has 1 fully saturated rings. The molecule has 0 bridgehead atoms. The molecule has 1 aromatic rings. The standard InChI is InChI=1S/C15H22FNO2/c1-3-14(12-4-6-13(16)7-5-12)17-10-15(18)8-9-19-11(15)2/h4-7,11,14,17-18H,3,8-10H2,1-2H3. The van der Waals surface area contributed by atoms with E-state index < -0.39 is 5.60 Å². The maximum absolute atomic E-state index is 12.9. The van der Waals surface area contributed by atoms with Crippen LogP contribution in [0.5, 0.6) is 0 Å². The molecule has 0 spiro atoms. The minimum atomic E-state index is -0.798. The number of halogens is 1. The van der Waals surface area contributed by atoms with Crippen molar-refractivity contribution in [2.45, 2.75) is 44.4 Å². The normalized spacial score (nSPS) is 28.5. The Hall–Kier alpha value is -0.970. The number of ether oxygens (including phenoxy) is 1. The number of hydrogen-bond acceptors (Lipinski definition) is 3. The van der Waals surface area contributed by atoms with Gasteiger partial charge in [0, 0.05) is 25.6 Å². The van der Waals surface area contributed by atoms with Crippen molar-refractivity contribution in [3.05, 3.63) is 35.6 Å². The summed E-state index contributed by atoms with van der Waals surface area (Å²) in [7, 11) is 0. The summed E-state index contributed by atoms with van der Waals surface area (Å²) in [6.07, 6.45) is 1.39. The third kappa shape index (κ3) is 3.32. The van der Waals surface area contributed by atoms with Crippen molar-refractivity contribution in [3.63, 3.8) is 0 Å². The third-order valence-corrected chi connectivity index (χ3v) is 3.99. The van der Waals surface area contributed by atoms with Crippen molar-refractivity contribution in [2.24, 2.45) is 0 Å². The molecule has 1 heterocycles. The molecule has 0 saturated carbocycles. The average Bonchev–Trinajstić information content (AvgIpc) is 2.73. The topological polar surface area (TPSA) is 41.5 Å². The first-order valence-corrected chi connectivity index (χ1v) is 6.88. The minimum Gasteiger partial charge on any atom is -0.386 e. The molecule has 4 heteroatoms. The highest BCUT2D eigenvalue weighted by Crippen LogP contribution is 2.26. The number of benzene rings is 1. The molecule has 1 aliphatic rings. The van der Waals surface area contributed by atoms with Gasteiger partial charge in [-0.3, -0.25) is 0 Å². The van der Waals surface area contributed by atoms with Crippen LogP contribution in [0, 0.1) is 5.82 Å². The Morgan fingerprint density at radius 1 is 1.47 bits per heavy atom. The molecule has 1 aromatic carbocycles. The number of hydrogen-bond donors (Lipinski definition) is 2. The Kier molecular flexibility index (Phi) is 4.55. The zero-order valence-electron chi connectivity index (χ0n) is 11.5. The molecule has 0 aliphatic carbocycles. The molecule has 0 amide bonds. The van der Waals surface area contributed by atoms with Gasteiger partial charge >= 0.3 is 0 Å². The van der Waals surface area contributed by atoms with Crippen LogP contribution in [0.2, 0.25) is 0 Å². The lowest BCUT2D eigenvalue weighted by Gasteiger charge is -2.29. The smallest absolute Gasteiger partial charge is 0.123 e. The number of nitrogens with one attached hydrogen (secondary N) is 1. The highest BCUT2D eigenvalue weighted by Gasteiger charge is 2.39. The Balaban J connectivity index is 1.98. The Morgan fingerprint density at radius 3 is 2.68 bits per heavy atom. The summed E-state index contributed by atoms with van der Waals surface area (Å²) in [6, 6.07) is 6.63. The quantitative estimate of drug-likeness (QED) is 0.861. The van der Waals surface area contributed by atoms with Gasteiger partial charge in [0.1, 0.15) is 11.4 Å². The fraction of sp³-hybridized carbons (Fsp3) is 0.600. The van der Waals surface area contributed by atoms with E-state index in [0.29, 0.717) is 19.6 Å².